The third-order valence-electron chi connectivity index (χ3n) is 7.60. The Bertz CT molecular complexity index is 1310. The lowest BCUT2D eigenvalue weighted by Crippen LogP contribution is -2.54. The molecular formula is C26H32F3N7O3. The fraction of sp³-hybridized carbons (Fsp3) is 0.538. The first kappa shape index (κ1) is 27.1. The molecule has 2 aliphatic rings. The van der Waals surface area contributed by atoms with E-state index in [1.165, 1.54) is 6.07 Å². The minimum atomic E-state index is -4.66. The van der Waals surface area contributed by atoms with Gasteiger partial charge >= 0.3 is 6.18 Å². The van der Waals surface area contributed by atoms with Gasteiger partial charge in [0.2, 0.25) is 5.91 Å². The summed E-state index contributed by atoms with van der Waals surface area (Å²) in [6, 6.07) is 10.7. The molecule has 0 spiro atoms. The predicted molar refractivity (Wildman–Crippen MR) is 136 cm³/mol. The number of hydrogen-bond acceptors (Lipinski definition) is 8. The maximum atomic E-state index is 13.2. The summed E-state index contributed by atoms with van der Waals surface area (Å²) in [6.07, 6.45) is -3.87. The smallest absolute Gasteiger partial charge is 0.453 e. The summed E-state index contributed by atoms with van der Waals surface area (Å²) in [5, 5.41) is 22.2. The topological polar surface area (TPSA) is 99.3 Å². The van der Waals surface area contributed by atoms with E-state index in [9.17, 15) is 23.1 Å². The van der Waals surface area contributed by atoms with Gasteiger partial charge in [-0.05, 0) is 49.6 Å². The van der Waals surface area contributed by atoms with Crippen LogP contribution in [-0.4, -0.2) is 92.5 Å². The molecule has 2 aliphatic heterocycles. The Hall–Kier alpha value is -3.45. The van der Waals surface area contributed by atoms with Crippen LogP contribution in [0.1, 0.15) is 38.1 Å². The van der Waals surface area contributed by atoms with E-state index in [1.807, 2.05) is 34.1 Å². The van der Waals surface area contributed by atoms with Gasteiger partial charge in [0, 0.05) is 52.2 Å². The zero-order chi connectivity index (χ0) is 27.8. The second-order valence-electron chi connectivity index (χ2n) is 10.2. The normalized spacial score (nSPS) is 20.4. The molecule has 1 amide bonds. The Labute approximate surface area is 224 Å². The van der Waals surface area contributed by atoms with Crippen molar-refractivity contribution in [2.75, 3.05) is 50.8 Å². The molecule has 0 unspecified atom stereocenters. The van der Waals surface area contributed by atoms with E-state index in [4.69, 9.17) is 4.74 Å². The lowest BCUT2D eigenvalue weighted by molar-refractivity contribution is -0.146. The molecule has 10 nitrogen and oxygen atoms in total. The van der Waals surface area contributed by atoms with Gasteiger partial charge < -0.3 is 19.6 Å². The van der Waals surface area contributed by atoms with Crippen LogP contribution in [0.5, 0.6) is 5.75 Å². The van der Waals surface area contributed by atoms with Crippen molar-refractivity contribution in [1.29, 1.82) is 0 Å². The number of fused-ring (bicyclic) bond motifs is 1. The zero-order valence-electron chi connectivity index (χ0n) is 21.9. The van der Waals surface area contributed by atoms with Crippen LogP contribution in [-0.2, 0) is 16.6 Å². The molecule has 39 heavy (non-hydrogen) atoms. The van der Waals surface area contributed by atoms with Crippen LogP contribution in [0.3, 0.4) is 0 Å². The van der Waals surface area contributed by atoms with Crippen molar-refractivity contribution in [2.24, 2.45) is 0 Å². The van der Waals surface area contributed by atoms with Crippen LogP contribution < -0.4 is 9.64 Å². The summed E-state index contributed by atoms with van der Waals surface area (Å²) in [5.41, 5.74) is -0.267. The number of piperazine rings is 1. The molecule has 5 rings (SSSR count). The van der Waals surface area contributed by atoms with Crippen molar-refractivity contribution in [2.45, 2.75) is 44.5 Å². The minimum absolute atomic E-state index is 0.0204. The molecule has 2 saturated heterocycles. The number of alkyl halides is 3. The Kier molecular flexibility index (Phi) is 7.38. The van der Waals surface area contributed by atoms with Gasteiger partial charge in [0.15, 0.2) is 5.65 Å². The molecule has 0 saturated carbocycles. The number of aliphatic hydroxyl groups is 1. The number of benzene rings is 1. The fourth-order valence-electron chi connectivity index (χ4n) is 5.38. The number of hydrogen-bond donors (Lipinski definition) is 1. The quantitative estimate of drug-likeness (QED) is 0.503. The lowest BCUT2D eigenvalue weighted by Gasteiger charge is -2.39. The summed E-state index contributed by atoms with van der Waals surface area (Å²) in [6.45, 7) is 8.14. The summed E-state index contributed by atoms with van der Waals surface area (Å²) < 4.78 is 46.3. The highest BCUT2D eigenvalue weighted by Crippen LogP contribution is 2.35. The molecule has 2 aromatic heterocycles. The van der Waals surface area contributed by atoms with Crippen molar-refractivity contribution in [3.63, 3.8) is 0 Å². The van der Waals surface area contributed by atoms with Crippen LogP contribution >= 0.6 is 0 Å². The third kappa shape index (κ3) is 5.78. The second-order valence-corrected chi connectivity index (χ2v) is 10.2. The van der Waals surface area contributed by atoms with Gasteiger partial charge in [-0.3, -0.25) is 9.69 Å². The van der Waals surface area contributed by atoms with Crippen molar-refractivity contribution in [1.82, 2.24) is 29.6 Å². The molecule has 0 bridgehead atoms. The zero-order valence-corrected chi connectivity index (χ0v) is 21.9. The van der Waals surface area contributed by atoms with Crippen LogP contribution in [0.25, 0.3) is 5.65 Å². The molecule has 13 heteroatoms. The van der Waals surface area contributed by atoms with Gasteiger partial charge in [0.05, 0.1) is 5.60 Å². The third-order valence-corrected chi connectivity index (χ3v) is 7.60. The highest BCUT2D eigenvalue weighted by atomic mass is 19.4. The van der Waals surface area contributed by atoms with E-state index in [0.717, 1.165) is 31.7 Å². The van der Waals surface area contributed by atoms with E-state index >= 15 is 0 Å². The molecule has 0 radical (unpaired) electrons. The molecule has 1 N–H and O–H groups in total. The van der Waals surface area contributed by atoms with E-state index in [0.29, 0.717) is 48.6 Å². The number of carbonyl (C=O) groups is 1. The van der Waals surface area contributed by atoms with E-state index in [1.54, 1.807) is 13.0 Å². The summed E-state index contributed by atoms with van der Waals surface area (Å²) in [5.74, 6) is 0.0219. The lowest BCUT2D eigenvalue weighted by atomic mass is 9.84. The van der Waals surface area contributed by atoms with Crippen molar-refractivity contribution in [3.8, 4) is 5.75 Å². The maximum Gasteiger partial charge on any atom is 0.453 e. The number of anilines is 1. The maximum absolute atomic E-state index is 13.2. The average molecular weight is 548 g/mol. The SMILES string of the molecule is CC(=O)N1CCN(CCOc2ccc(C3(O)CCN(c4ccc5nnc(C(F)(F)F)n5n4)CC3)cc2)C[C@H]1C. The average Bonchev–Trinajstić information content (AvgIpc) is 3.33. The van der Waals surface area contributed by atoms with Gasteiger partial charge in [0.1, 0.15) is 18.2 Å². The highest BCUT2D eigenvalue weighted by Gasteiger charge is 2.38. The van der Waals surface area contributed by atoms with Gasteiger partial charge in [-0.1, -0.05) is 12.1 Å². The number of rotatable bonds is 6. The van der Waals surface area contributed by atoms with E-state index in [2.05, 4.69) is 27.1 Å². The van der Waals surface area contributed by atoms with Crippen LogP contribution in [0.4, 0.5) is 19.0 Å². The molecular weight excluding hydrogens is 515 g/mol. The van der Waals surface area contributed by atoms with Gasteiger partial charge in [0.25, 0.3) is 5.82 Å². The molecule has 1 atom stereocenters. The van der Waals surface area contributed by atoms with Crippen molar-refractivity contribution < 1.29 is 27.8 Å². The minimum Gasteiger partial charge on any atom is -0.492 e. The Balaban J connectivity index is 1.14. The number of piperidine rings is 1. The molecule has 3 aromatic rings. The van der Waals surface area contributed by atoms with Gasteiger partial charge in [-0.2, -0.15) is 17.7 Å². The molecule has 210 valence electrons. The molecule has 1 aromatic carbocycles. The highest BCUT2D eigenvalue weighted by molar-refractivity contribution is 5.73. The van der Waals surface area contributed by atoms with Gasteiger partial charge in [-0.25, -0.2) is 0 Å². The molecule has 4 heterocycles. The van der Waals surface area contributed by atoms with E-state index < -0.39 is 17.6 Å². The van der Waals surface area contributed by atoms with Crippen LogP contribution in [0.2, 0.25) is 0 Å². The molecule has 0 aliphatic carbocycles. The monoisotopic (exact) mass is 547 g/mol. The number of aromatic nitrogens is 4. The number of ether oxygens (including phenoxy) is 1. The first-order valence-electron chi connectivity index (χ1n) is 13.0. The summed E-state index contributed by atoms with van der Waals surface area (Å²) in [7, 11) is 0. The van der Waals surface area contributed by atoms with Crippen LogP contribution in [0, 0.1) is 0 Å². The summed E-state index contributed by atoms with van der Waals surface area (Å²) >= 11 is 0. The Morgan fingerprint density at radius 1 is 1.08 bits per heavy atom. The number of carbonyl (C=O) groups excluding carboxylic acids is 1. The van der Waals surface area contributed by atoms with Gasteiger partial charge in [-0.15, -0.1) is 15.3 Å². The Morgan fingerprint density at radius 2 is 1.79 bits per heavy atom. The number of halogens is 3. The standard InChI is InChI=1S/C26H32F3N7O3/c1-18-17-33(13-14-35(18)19(2)37)15-16-39-21-5-3-20(4-6-21)25(38)9-11-34(12-10-25)23-8-7-22-30-31-24(26(27,28)29)36(22)32-23/h3-8,18,38H,9-17H2,1-2H3/t18-/m1/s1. The van der Waals surface area contributed by atoms with Crippen molar-refractivity contribution in [3.05, 3.63) is 47.8 Å². The van der Waals surface area contributed by atoms with E-state index in [-0.39, 0.29) is 17.6 Å². The number of amides is 1. The first-order chi connectivity index (χ1) is 18.5. The van der Waals surface area contributed by atoms with Crippen LogP contribution in [0.15, 0.2) is 36.4 Å². The largest absolute Gasteiger partial charge is 0.492 e. The number of nitrogens with zero attached hydrogens (tertiary/aromatic N) is 7. The first-order valence-corrected chi connectivity index (χ1v) is 13.0. The fourth-order valence-corrected chi connectivity index (χ4v) is 5.38. The summed E-state index contributed by atoms with van der Waals surface area (Å²) in [4.78, 5) is 17.7. The second kappa shape index (κ2) is 10.6. The molecule has 2 fully saturated rings. The van der Waals surface area contributed by atoms with Crippen molar-refractivity contribution >= 4 is 17.4 Å². The Morgan fingerprint density at radius 3 is 2.44 bits per heavy atom. The predicted octanol–water partition coefficient (Wildman–Crippen LogP) is 2.56.